The molecule has 0 spiro atoms. The van der Waals surface area contributed by atoms with Crippen molar-refractivity contribution in [2.24, 2.45) is 0 Å². The Morgan fingerprint density at radius 2 is 2.00 bits per heavy atom. The maximum absolute atomic E-state index is 11.9. The SMILES string of the molecule is Cl.O=C(c1ccc[nH]c1=O)N1CCNCC1. The fourth-order valence-corrected chi connectivity index (χ4v) is 1.63. The highest BCUT2D eigenvalue weighted by Crippen LogP contribution is 2.00. The van der Waals surface area contributed by atoms with Gasteiger partial charge in [-0.05, 0) is 12.1 Å². The monoisotopic (exact) mass is 243 g/mol. The van der Waals surface area contributed by atoms with Crippen LogP contribution in [0.1, 0.15) is 10.4 Å². The van der Waals surface area contributed by atoms with Crippen molar-refractivity contribution in [1.82, 2.24) is 15.2 Å². The molecule has 2 heterocycles. The second-order valence-electron chi connectivity index (χ2n) is 3.46. The smallest absolute Gasteiger partial charge is 0.260 e. The molecule has 1 aliphatic heterocycles. The van der Waals surface area contributed by atoms with Crippen LogP contribution in [0.25, 0.3) is 0 Å². The van der Waals surface area contributed by atoms with Gasteiger partial charge in [0.1, 0.15) is 5.56 Å². The Morgan fingerprint density at radius 1 is 1.31 bits per heavy atom. The maximum atomic E-state index is 11.9. The summed E-state index contributed by atoms with van der Waals surface area (Å²) in [5.41, 5.74) is -0.0968. The lowest BCUT2D eigenvalue weighted by Gasteiger charge is -2.27. The Morgan fingerprint density at radius 3 is 2.62 bits per heavy atom. The predicted molar refractivity (Wildman–Crippen MR) is 63.1 cm³/mol. The Bertz CT molecular complexity index is 413. The van der Waals surface area contributed by atoms with Crippen LogP contribution >= 0.6 is 12.4 Å². The second-order valence-corrected chi connectivity index (χ2v) is 3.46. The van der Waals surface area contributed by atoms with Crippen LogP contribution < -0.4 is 10.9 Å². The van der Waals surface area contributed by atoms with E-state index in [0.717, 1.165) is 13.1 Å². The lowest BCUT2D eigenvalue weighted by molar-refractivity contribution is 0.0734. The average Bonchev–Trinajstić information content (AvgIpc) is 2.30. The molecule has 0 bridgehead atoms. The van der Waals surface area contributed by atoms with E-state index in [1.807, 2.05) is 0 Å². The van der Waals surface area contributed by atoms with Gasteiger partial charge in [-0.3, -0.25) is 9.59 Å². The van der Waals surface area contributed by atoms with Crippen LogP contribution in [0.2, 0.25) is 0 Å². The lowest BCUT2D eigenvalue weighted by Crippen LogP contribution is -2.47. The van der Waals surface area contributed by atoms with Crippen molar-refractivity contribution in [3.05, 3.63) is 34.2 Å². The summed E-state index contributed by atoms with van der Waals surface area (Å²) in [6.45, 7) is 2.90. The summed E-state index contributed by atoms with van der Waals surface area (Å²) < 4.78 is 0. The number of nitrogens with zero attached hydrogens (tertiary/aromatic N) is 1. The van der Waals surface area contributed by atoms with Crippen molar-refractivity contribution in [3.8, 4) is 0 Å². The van der Waals surface area contributed by atoms with Gasteiger partial charge in [-0.25, -0.2) is 0 Å². The Labute approximate surface area is 99.3 Å². The highest BCUT2D eigenvalue weighted by atomic mass is 35.5. The fourth-order valence-electron chi connectivity index (χ4n) is 1.63. The number of pyridine rings is 1. The van der Waals surface area contributed by atoms with Gasteiger partial charge in [-0.2, -0.15) is 0 Å². The molecule has 0 radical (unpaired) electrons. The number of halogens is 1. The summed E-state index contributed by atoms with van der Waals surface area (Å²) in [6, 6.07) is 3.22. The number of nitrogens with one attached hydrogen (secondary N) is 2. The molecule has 5 nitrogen and oxygen atoms in total. The van der Waals surface area contributed by atoms with E-state index in [2.05, 4.69) is 10.3 Å². The van der Waals surface area contributed by atoms with Gasteiger partial charge in [0.2, 0.25) is 0 Å². The van der Waals surface area contributed by atoms with Gasteiger partial charge < -0.3 is 15.2 Å². The number of amides is 1. The molecule has 6 heteroatoms. The minimum absolute atomic E-state index is 0. The van der Waals surface area contributed by atoms with Crippen LogP contribution in [0.5, 0.6) is 0 Å². The molecule has 1 amide bonds. The molecule has 1 fully saturated rings. The Hall–Kier alpha value is -1.33. The largest absolute Gasteiger partial charge is 0.336 e. The van der Waals surface area contributed by atoms with Crippen molar-refractivity contribution in [2.45, 2.75) is 0 Å². The first kappa shape index (κ1) is 12.7. The predicted octanol–water partition coefficient (Wildman–Crippen LogP) is -0.158. The molecule has 88 valence electrons. The number of piperazine rings is 1. The molecule has 0 saturated carbocycles. The van der Waals surface area contributed by atoms with Crippen molar-refractivity contribution in [2.75, 3.05) is 26.2 Å². The molecule has 1 aromatic heterocycles. The Kier molecular flexibility index (Phi) is 4.52. The fraction of sp³-hybridized carbons (Fsp3) is 0.400. The van der Waals surface area contributed by atoms with E-state index in [9.17, 15) is 9.59 Å². The van der Waals surface area contributed by atoms with Crippen molar-refractivity contribution >= 4 is 18.3 Å². The first-order valence-corrected chi connectivity index (χ1v) is 4.97. The van der Waals surface area contributed by atoms with E-state index in [-0.39, 0.29) is 29.4 Å². The molecule has 0 aliphatic carbocycles. The summed E-state index contributed by atoms with van der Waals surface area (Å²) in [4.78, 5) is 27.5. The second kappa shape index (κ2) is 5.67. The molecular formula is C10H14ClN3O2. The molecule has 1 aliphatic rings. The van der Waals surface area contributed by atoms with Gasteiger partial charge in [0.15, 0.2) is 0 Å². The third-order valence-electron chi connectivity index (χ3n) is 2.45. The molecule has 1 aromatic rings. The zero-order valence-electron chi connectivity index (χ0n) is 8.73. The standard InChI is InChI=1S/C10H13N3O2.ClH/c14-9-8(2-1-3-12-9)10(15)13-6-4-11-5-7-13;/h1-3,11H,4-7H2,(H,12,14);1H. The number of aromatic nitrogens is 1. The van der Waals surface area contributed by atoms with Crippen molar-refractivity contribution < 1.29 is 4.79 Å². The summed E-state index contributed by atoms with van der Waals surface area (Å²) in [6.07, 6.45) is 1.52. The molecule has 2 N–H and O–H groups in total. The molecule has 0 aromatic carbocycles. The van der Waals surface area contributed by atoms with Crippen LogP contribution in [0, 0.1) is 0 Å². The van der Waals surface area contributed by atoms with E-state index in [1.165, 1.54) is 6.20 Å². The normalized spacial score (nSPS) is 15.4. The van der Waals surface area contributed by atoms with Gasteiger partial charge in [0.05, 0.1) is 0 Å². The number of hydrogen-bond acceptors (Lipinski definition) is 3. The minimum Gasteiger partial charge on any atom is -0.336 e. The van der Waals surface area contributed by atoms with Crippen LogP contribution in [0.4, 0.5) is 0 Å². The molecule has 0 atom stereocenters. The van der Waals surface area contributed by atoms with Crippen LogP contribution in [-0.4, -0.2) is 42.0 Å². The van der Waals surface area contributed by atoms with E-state index in [0.29, 0.717) is 13.1 Å². The summed E-state index contributed by atoms with van der Waals surface area (Å²) in [5, 5.41) is 3.16. The Balaban J connectivity index is 0.00000128. The molecule has 16 heavy (non-hydrogen) atoms. The van der Waals surface area contributed by atoms with Gasteiger partial charge in [0.25, 0.3) is 11.5 Å². The average molecular weight is 244 g/mol. The number of aromatic amines is 1. The zero-order valence-corrected chi connectivity index (χ0v) is 9.55. The van der Waals surface area contributed by atoms with Gasteiger partial charge >= 0.3 is 0 Å². The number of carbonyl (C=O) groups excluding carboxylic acids is 1. The van der Waals surface area contributed by atoms with Crippen molar-refractivity contribution in [3.63, 3.8) is 0 Å². The van der Waals surface area contributed by atoms with E-state index in [4.69, 9.17) is 0 Å². The van der Waals surface area contributed by atoms with Crippen molar-refractivity contribution in [1.29, 1.82) is 0 Å². The van der Waals surface area contributed by atoms with Crippen LogP contribution in [0.15, 0.2) is 23.1 Å². The van der Waals surface area contributed by atoms with E-state index >= 15 is 0 Å². The van der Waals surface area contributed by atoms with E-state index in [1.54, 1.807) is 17.0 Å². The summed E-state index contributed by atoms with van der Waals surface area (Å²) in [7, 11) is 0. The zero-order chi connectivity index (χ0) is 10.7. The highest BCUT2D eigenvalue weighted by molar-refractivity contribution is 5.93. The quantitative estimate of drug-likeness (QED) is 0.721. The number of H-pyrrole nitrogens is 1. The molecule has 1 saturated heterocycles. The molecular weight excluding hydrogens is 230 g/mol. The summed E-state index contributed by atoms with van der Waals surface area (Å²) in [5.74, 6) is -0.182. The van der Waals surface area contributed by atoms with Gasteiger partial charge in [-0.15, -0.1) is 12.4 Å². The highest BCUT2D eigenvalue weighted by Gasteiger charge is 2.19. The molecule has 0 unspecified atom stereocenters. The summed E-state index contributed by atoms with van der Waals surface area (Å²) >= 11 is 0. The van der Waals surface area contributed by atoms with Crippen LogP contribution in [-0.2, 0) is 0 Å². The number of carbonyl (C=O) groups is 1. The lowest BCUT2D eigenvalue weighted by atomic mass is 10.2. The van der Waals surface area contributed by atoms with Gasteiger partial charge in [-0.1, -0.05) is 0 Å². The molecule has 2 rings (SSSR count). The number of hydrogen-bond donors (Lipinski definition) is 2. The third kappa shape index (κ3) is 2.62. The first-order valence-electron chi connectivity index (χ1n) is 4.97. The van der Waals surface area contributed by atoms with Crippen LogP contribution in [0.3, 0.4) is 0 Å². The van der Waals surface area contributed by atoms with E-state index < -0.39 is 0 Å². The topological polar surface area (TPSA) is 65.2 Å². The number of rotatable bonds is 1. The first-order chi connectivity index (χ1) is 7.29. The third-order valence-corrected chi connectivity index (χ3v) is 2.45. The maximum Gasteiger partial charge on any atom is 0.260 e. The minimum atomic E-state index is -0.318. The van der Waals surface area contributed by atoms with Gasteiger partial charge in [0, 0.05) is 32.4 Å².